The fourth-order valence-corrected chi connectivity index (χ4v) is 3.16. The highest BCUT2D eigenvalue weighted by Crippen LogP contribution is 2.30. The lowest BCUT2D eigenvalue weighted by molar-refractivity contribution is -0.148. The largest absolute Gasteiger partial charge is 0.480 e. The molecule has 1 amide bonds. The van der Waals surface area contributed by atoms with E-state index < -0.39 is 17.6 Å². The molecule has 1 heterocycles. The number of hydrogen-bond donors (Lipinski definition) is 2. The molecule has 2 rings (SSSR count). The number of carbonyl (C=O) groups is 2. The molecule has 0 bridgehead atoms. The minimum atomic E-state index is -0.893. The normalized spacial score (nSPS) is 27.2. The maximum atomic E-state index is 12.2. The van der Waals surface area contributed by atoms with E-state index in [0.29, 0.717) is 19.4 Å². The molecule has 1 saturated heterocycles. The number of amides is 1. The molecule has 2 aliphatic rings. The molecule has 2 fully saturated rings. The number of carboxylic acids is 1. The SMILES string of the molecule is NC1(CC(=O)N2CCC[C@H]2C(=O)O)CCCCC1. The molecule has 0 aromatic carbocycles. The van der Waals surface area contributed by atoms with Crippen LogP contribution in [0.15, 0.2) is 0 Å². The number of nitrogens with two attached hydrogens (primary N) is 1. The van der Waals surface area contributed by atoms with E-state index in [1.165, 1.54) is 11.3 Å². The molecule has 1 atom stereocenters. The third-order valence-corrected chi connectivity index (χ3v) is 4.21. The molecule has 3 N–H and O–H groups in total. The molecule has 5 heteroatoms. The van der Waals surface area contributed by atoms with Crippen LogP contribution in [0.4, 0.5) is 0 Å². The lowest BCUT2D eigenvalue weighted by atomic mass is 9.80. The number of carboxylic acid groups (broad SMARTS) is 1. The first-order valence-corrected chi connectivity index (χ1v) is 6.83. The molecule has 0 aromatic rings. The first-order chi connectivity index (χ1) is 8.52. The Morgan fingerprint density at radius 3 is 2.50 bits per heavy atom. The van der Waals surface area contributed by atoms with E-state index in [1.54, 1.807) is 0 Å². The molecule has 5 nitrogen and oxygen atoms in total. The molecule has 1 aliphatic heterocycles. The zero-order valence-electron chi connectivity index (χ0n) is 10.7. The molecular formula is C13H22N2O3. The van der Waals surface area contributed by atoms with Crippen molar-refractivity contribution in [2.45, 2.75) is 62.9 Å². The van der Waals surface area contributed by atoms with Gasteiger partial charge < -0.3 is 15.7 Å². The lowest BCUT2D eigenvalue weighted by Gasteiger charge is -2.34. The smallest absolute Gasteiger partial charge is 0.326 e. The van der Waals surface area contributed by atoms with Gasteiger partial charge in [0, 0.05) is 18.5 Å². The highest BCUT2D eigenvalue weighted by Gasteiger charge is 2.38. The highest BCUT2D eigenvalue weighted by atomic mass is 16.4. The van der Waals surface area contributed by atoms with E-state index in [2.05, 4.69) is 0 Å². The van der Waals surface area contributed by atoms with Crippen LogP contribution in [0.25, 0.3) is 0 Å². The Balaban J connectivity index is 1.96. The maximum absolute atomic E-state index is 12.2. The summed E-state index contributed by atoms with van der Waals surface area (Å²) in [6, 6.07) is -0.635. The molecule has 0 spiro atoms. The van der Waals surface area contributed by atoms with E-state index in [0.717, 1.165) is 32.1 Å². The van der Waals surface area contributed by atoms with Gasteiger partial charge in [0.05, 0.1) is 0 Å². The van der Waals surface area contributed by atoms with Gasteiger partial charge in [0.2, 0.25) is 5.91 Å². The second-order valence-corrected chi connectivity index (χ2v) is 5.68. The summed E-state index contributed by atoms with van der Waals surface area (Å²) in [5.41, 5.74) is 5.85. The van der Waals surface area contributed by atoms with Crippen molar-refractivity contribution in [1.82, 2.24) is 4.90 Å². The van der Waals surface area contributed by atoms with E-state index in [9.17, 15) is 9.59 Å². The van der Waals surface area contributed by atoms with Crippen LogP contribution in [-0.4, -0.2) is 40.0 Å². The number of rotatable bonds is 3. The second-order valence-electron chi connectivity index (χ2n) is 5.68. The zero-order valence-corrected chi connectivity index (χ0v) is 10.7. The van der Waals surface area contributed by atoms with E-state index >= 15 is 0 Å². The highest BCUT2D eigenvalue weighted by molar-refractivity contribution is 5.84. The first-order valence-electron chi connectivity index (χ1n) is 6.83. The summed E-state index contributed by atoms with van der Waals surface area (Å²) < 4.78 is 0. The van der Waals surface area contributed by atoms with Gasteiger partial charge in [-0.2, -0.15) is 0 Å². The molecule has 0 aromatic heterocycles. The molecule has 0 radical (unpaired) electrons. The van der Waals surface area contributed by atoms with Crippen molar-refractivity contribution >= 4 is 11.9 Å². The summed E-state index contributed by atoms with van der Waals surface area (Å²) in [5.74, 6) is -0.972. The van der Waals surface area contributed by atoms with Gasteiger partial charge in [-0.1, -0.05) is 19.3 Å². The molecular weight excluding hydrogens is 232 g/mol. The van der Waals surface area contributed by atoms with Crippen molar-refractivity contribution in [2.24, 2.45) is 5.73 Å². The minimum absolute atomic E-state index is 0.0794. The summed E-state index contributed by atoms with van der Waals surface area (Å²) in [4.78, 5) is 24.8. The molecule has 18 heavy (non-hydrogen) atoms. The van der Waals surface area contributed by atoms with Crippen molar-refractivity contribution < 1.29 is 14.7 Å². The zero-order chi connectivity index (χ0) is 13.2. The maximum Gasteiger partial charge on any atom is 0.326 e. The molecule has 1 aliphatic carbocycles. The minimum Gasteiger partial charge on any atom is -0.480 e. The Labute approximate surface area is 107 Å². The van der Waals surface area contributed by atoms with Crippen molar-refractivity contribution in [3.63, 3.8) is 0 Å². The van der Waals surface area contributed by atoms with Crippen molar-refractivity contribution in [2.75, 3.05) is 6.54 Å². The third-order valence-electron chi connectivity index (χ3n) is 4.21. The quantitative estimate of drug-likeness (QED) is 0.790. The summed E-state index contributed by atoms with van der Waals surface area (Å²) in [7, 11) is 0. The fourth-order valence-electron chi connectivity index (χ4n) is 3.16. The average molecular weight is 254 g/mol. The lowest BCUT2D eigenvalue weighted by Crippen LogP contribution is -2.49. The molecule has 1 saturated carbocycles. The van der Waals surface area contributed by atoms with Gasteiger partial charge >= 0.3 is 5.97 Å². The topological polar surface area (TPSA) is 83.6 Å². The van der Waals surface area contributed by atoms with Crippen LogP contribution in [-0.2, 0) is 9.59 Å². The number of carbonyl (C=O) groups excluding carboxylic acids is 1. The van der Waals surface area contributed by atoms with Gasteiger partial charge in [-0.15, -0.1) is 0 Å². The Hall–Kier alpha value is -1.10. The van der Waals surface area contributed by atoms with Crippen LogP contribution < -0.4 is 5.73 Å². The van der Waals surface area contributed by atoms with Crippen LogP contribution in [0.2, 0.25) is 0 Å². The van der Waals surface area contributed by atoms with Crippen molar-refractivity contribution in [3.05, 3.63) is 0 Å². The van der Waals surface area contributed by atoms with Crippen LogP contribution in [0.1, 0.15) is 51.4 Å². The third kappa shape index (κ3) is 2.83. The average Bonchev–Trinajstić information content (AvgIpc) is 2.78. The monoisotopic (exact) mass is 254 g/mol. The summed E-state index contributed by atoms with van der Waals surface area (Å²) in [5, 5.41) is 9.08. The number of aliphatic carboxylic acids is 1. The second kappa shape index (κ2) is 5.26. The van der Waals surface area contributed by atoms with Crippen molar-refractivity contribution in [1.29, 1.82) is 0 Å². The van der Waals surface area contributed by atoms with Crippen molar-refractivity contribution in [3.8, 4) is 0 Å². The van der Waals surface area contributed by atoms with Gasteiger partial charge in [0.1, 0.15) is 6.04 Å². The Bertz CT molecular complexity index is 337. The van der Waals surface area contributed by atoms with Crippen LogP contribution in [0.5, 0.6) is 0 Å². The Kier molecular flexibility index (Phi) is 3.90. The number of nitrogens with zero attached hydrogens (tertiary/aromatic N) is 1. The molecule has 102 valence electrons. The Morgan fingerprint density at radius 1 is 1.22 bits per heavy atom. The van der Waals surface area contributed by atoms with Gasteiger partial charge in [-0.05, 0) is 25.7 Å². The van der Waals surface area contributed by atoms with Gasteiger partial charge in [0.15, 0.2) is 0 Å². The van der Waals surface area contributed by atoms with Gasteiger partial charge in [-0.25, -0.2) is 4.79 Å². The summed E-state index contributed by atoms with van der Waals surface area (Å²) in [6.45, 7) is 0.561. The number of likely N-dealkylation sites (tertiary alicyclic amines) is 1. The molecule has 0 unspecified atom stereocenters. The van der Waals surface area contributed by atoms with E-state index in [-0.39, 0.29) is 5.91 Å². The van der Waals surface area contributed by atoms with Gasteiger partial charge in [-0.3, -0.25) is 4.79 Å². The Morgan fingerprint density at radius 2 is 1.89 bits per heavy atom. The fraction of sp³-hybridized carbons (Fsp3) is 0.846. The first kappa shape index (κ1) is 13.3. The summed E-state index contributed by atoms with van der Waals surface area (Å²) >= 11 is 0. The predicted octanol–water partition coefficient (Wildman–Crippen LogP) is 1.11. The standard InChI is InChI=1S/C13H22N2O3/c14-13(6-2-1-3-7-13)9-11(16)15-8-4-5-10(15)12(17)18/h10H,1-9,14H2,(H,17,18)/t10-/m0/s1. The van der Waals surface area contributed by atoms with Crippen LogP contribution in [0, 0.1) is 0 Å². The van der Waals surface area contributed by atoms with E-state index in [4.69, 9.17) is 10.8 Å². The summed E-state index contributed by atoms with van der Waals surface area (Å²) in [6.07, 6.45) is 6.75. The predicted molar refractivity (Wildman–Crippen MR) is 67.0 cm³/mol. The van der Waals surface area contributed by atoms with E-state index in [1.807, 2.05) is 0 Å². The van der Waals surface area contributed by atoms with Gasteiger partial charge in [0.25, 0.3) is 0 Å². The number of hydrogen-bond acceptors (Lipinski definition) is 3. The van der Waals surface area contributed by atoms with Crippen LogP contribution >= 0.6 is 0 Å². The van der Waals surface area contributed by atoms with Crippen LogP contribution in [0.3, 0.4) is 0 Å².